The van der Waals surface area contributed by atoms with E-state index in [2.05, 4.69) is 13.0 Å². The first kappa shape index (κ1) is 16.1. The van der Waals surface area contributed by atoms with E-state index in [1.807, 2.05) is 6.07 Å². The molecule has 24 heavy (non-hydrogen) atoms. The maximum atomic E-state index is 12.7. The number of benzene rings is 2. The predicted molar refractivity (Wildman–Crippen MR) is 94.0 cm³/mol. The summed E-state index contributed by atoms with van der Waals surface area (Å²) < 4.78 is 0. The van der Waals surface area contributed by atoms with Crippen molar-refractivity contribution in [1.82, 2.24) is 0 Å². The second-order valence-corrected chi connectivity index (χ2v) is 6.38. The maximum Gasteiger partial charge on any atom is 0.280 e. The highest BCUT2D eigenvalue weighted by Gasteiger charge is 2.22. The van der Waals surface area contributed by atoms with Gasteiger partial charge in [-0.3, -0.25) is 14.9 Å². The van der Waals surface area contributed by atoms with E-state index in [9.17, 15) is 14.9 Å². The number of carbonyl (C=O) groups excluding carboxylic acids is 1. The first-order valence-corrected chi connectivity index (χ1v) is 8.12. The summed E-state index contributed by atoms with van der Waals surface area (Å²) in [6.07, 6.45) is 5.35. The molecule has 1 atom stereocenters. The lowest BCUT2D eigenvalue weighted by Gasteiger charge is -2.05. The summed E-state index contributed by atoms with van der Waals surface area (Å²) in [5, 5.41) is 11.3. The van der Waals surface area contributed by atoms with Crippen LogP contribution in [0.3, 0.4) is 0 Å². The predicted octanol–water partition coefficient (Wildman–Crippen LogP) is 5.03. The van der Waals surface area contributed by atoms with Gasteiger partial charge in [-0.1, -0.05) is 48.9 Å². The largest absolute Gasteiger partial charge is 0.288 e. The van der Waals surface area contributed by atoms with Gasteiger partial charge in [0.15, 0.2) is 5.78 Å². The fourth-order valence-corrected chi connectivity index (χ4v) is 3.18. The molecule has 0 radical (unpaired) electrons. The lowest BCUT2D eigenvalue weighted by Crippen LogP contribution is -2.05. The minimum atomic E-state index is -0.495. The Labute approximate surface area is 141 Å². The zero-order valence-corrected chi connectivity index (χ0v) is 13.6. The van der Waals surface area contributed by atoms with E-state index in [0.717, 1.165) is 18.4 Å². The minimum Gasteiger partial charge on any atom is -0.288 e. The Morgan fingerprint density at radius 2 is 1.96 bits per heavy atom. The monoisotopic (exact) mass is 321 g/mol. The molecule has 3 rings (SSSR count). The minimum absolute atomic E-state index is 0.145. The molecule has 0 amide bonds. The number of allylic oxidation sites excluding steroid dienone is 1. The molecule has 1 unspecified atom stereocenters. The van der Waals surface area contributed by atoms with Gasteiger partial charge in [0, 0.05) is 11.6 Å². The summed E-state index contributed by atoms with van der Waals surface area (Å²) in [6, 6.07) is 13.5. The molecule has 1 fully saturated rings. The topological polar surface area (TPSA) is 60.2 Å². The second kappa shape index (κ2) is 6.79. The van der Waals surface area contributed by atoms with Crippen LogP contribution in [0.25, 0.3) is 6.08 Å². The molecule has 0 saturated heterocycles. The maximum absolute atomic E-state index is 12.7. The Balaban J connectivity index is 2.01. The van der Waals surface area contributed by atoms with Gasteiger partial charge in [0.2, 0.25) is 0 Å². The van der Waals surface area contributed by atoms with E-state index >= 15 is 0 Å². The van der Waals surface area contributed by atoms with Crippen LogP contribution in [0.15, 0.2) is 54.1 Å². The molecule has 4 heteroatoms. The third kappa shape index (κ3) is 3.43. The normalized spacial score (nSPS) is 18.7. The number of ketones is 1. The molecule has 2 aromatic carbocycles. The summed E-state index contributed by atoms with van der Waals surface area (Å²) in [6.45, 7) is 2.22. The molecular weight excluding hydrogens is 302 g/mol. The van der Waals surface area contributed by atoms with Crippen LogP contribution in [0.5, 0.6) is 0 Å². The molecule has 0 bridgehead atoms. The average Bonchev–Trinajstić information content (AvgIpc) is 2.99. The van der Waals surface area contributed by atoms with Crippen molar-refractivity contribution in [2.75, 3.05) is 0 Å². The second-order valence-electron chi connectivity index (χ2n) is 6.38. The molecule has 1 aliphatic rings. The number of carbonyl (C=O) groups is 1. The highest BCUT2D eigenvalue weighted by Crippen LogP contribution is 2.32. The van der Waals surface area contributed by atoms with Gasteiger partial charge in [-0.2, -0.15) is 0 Å². The molecule has 0 N–H and O–H groups in total. The third-order valence-corrected chi connectivity index (χ3v) is 4.44. The van der Waals surface area contributed by atoms with Crippen LogP contribution in [0.1, 0.15) is 47.7 Å². The number of nitro benzene ring substituents is 1. The lowest BCUT2D eigenvalue weighted by molar-refractivity contribution is -0.385. The number of hydrogen-bond acceptors (Lipinski definition) is 3. The van der Waals surface area contributed by atoms with Gasteiger partial charge in [0.05, 0.1) is 4.92 Å². The molecule has 1 saturated carbocycles. The summed E-state index contributed by atoms with van der Waals surface area (Å²) in [4.78, 5) is 23.5. The van der Waals surface area contributed by atoms with Gasteiger partial charge in [0.25, 0.3) is 5.69 Å². The fraction of sp³-hybridized carbons (Fsp3) is 0.250. The van der Waals surface area contributed by atoms with Crippen molar-refractivity contribution >= 4 is 17.5 Å². The molecule has 4 nitrogen and oxygen atoms in total. The Morgan fingerprint density at radius 3 is 2.58 bits per heavy atom. The SMILES string of the molecule is CC1CCC(=Cc2ccc([N+](=O)[O-])c(C(=O)c3ccccc3)c2)C1. The van der Waals surface area contributed by atoms with Gasteiger partial charge in [-0.05, 0) is 42.9 Å². The standard InChI is InChI=1S/C20H19NO3/c1-14-7-8-15(11-14)12-16-9-10-19(21(23)24)18(13-16)20(22)17-5-3-2-4-6-17/h2-6,9-10,12-14H,7-8,11H2,1H3. The number of rotatable bonds is 4. The summed E-state index contributed by atoms with van der Waals surface area (Å²) >= 11 is 0. The average molecular weight is 321 g/mol. The van der Waals surface area contributed by atoms with Crippen molar-refractivity contribution in [3.05, 3.63) is 80.9 Å². The fourth-order valence-electron chi connectivity index (χ4n) is 3.18. The smallest absolute Gasteiger partial charge is 0.280 e. The molecule has 0 aromatic heterocycles. The van der Waals surface area contributed by atoms with E-state index in [-0.39, 0.29) is 17.0 Å². The van der Waals surface area contributed by atoms with Crippen LogP contribution in [0.2, 0.25) is 0 Å². The van der Waals surface area contributed by atoms with E-state index in [1.165, 1.54) is 18.1 Å². The van der Waals surface area contributed by atoms with Crippen molar-refractivity contribution in [1.29, 1.82) is 0 Å². The zero-order valence-electron chi connectivity index (χ0n) is 13.6. The number of hydrogen-bond donors (Lipinski definition) is 0. The van der Waals surface area contributed by atoms with E-state index in [0.29, 0.717) is 11.5 Å². The highest BCUT2D eigenvalue weighted by atomic mass is 16.6. The summed E-state index contributed by atoms with van der Waals surface area (Å²) in [5.41, 5.74) is 2.65. The van der Waals surface area contributed by atoms with Crippen LogP contribution in [0, 0.1) is 16.0 Å². The summed E-state index contributed by atoms with van der Waals surface area (Å²) in [5.74, 6) is 0.363. The quantitative estimate of drug-likeness (QED) is 0.451. The Hall–Kier alpha value is -2.75. The molecule has 122 valence electrons. The van der Waals surface area contributed by atoms with Crippen molar-refractivity contribution in [2.45, 2.75) is 26.2 Å². The van der Waals surface area contributed by atoms with Crippen molar-refractivity contribution < 1.29 is 9.72 Å². The van der Waals surface area contributed by atoms with Gasteiger partial charge in [-0.15, -0.1) is 0 Å². The van der Waals surface area contributed by atoms with Gasteiger partial charge < -0.3 is 0 Å². The first-order valence-electron chi connectivity index (χ1n) is 8.12. The van der Waals surface area contributed by atoms with Crippen LogP contribution in [-0.4, -0.2) is 10.7 Å². The zero-order chi connectivity index (χ0) is 17.1. The molecule has 1 aliphatic carbocycles. The first-order chi connectivity index (χ1) is 11.5. The molecule has 0 heterocycles. The Bertz CT molecular complexity index is 809. The van der Waals surface area contributed by atoms with Crippen LogP contribution < -0.4 is 0 Å². The summed E-state index contributed by atoms with van der Waals surface area (Å²) in [7, 11) is 0. The Kier molecular flexibility index (Phi) is 4.56. The molecule has 0 spiro atoms. The molecular formula is C20H19NO3. The van der Waals surface area contributed by atoms with Crippen molar-refractivity contribution in [2.24, 2.45) is 5.92 Å². The van der Waals surface area contributed by atoms with Crippen molar-refractivity contribution in [3.63, 3.8) is 0 Å². The van der Waals surface area contributed by atoms with Crippen LogP contribution in [-0.2, 0) is 0 Å². The molecule has 0 aliphatic heterocycles. The van der Waals surface area contributed by atoms with Crippen LogP contribution >= 0.6 is 0 Å². The van der Waals surface area contributed by atoms with Gasteiger partial charge >= 0.3 is 0 Å². The number of nitrogens with zero attached hydrogens (tertiary/aromatic N) is 1. The lowest BCUT2D eigenvalue weighted by atomic mass is 9.98. The van der Waals surface area contributed by atoms with Crippen LogP contribution in [0.4, 0.5) is 5.69 Å². The van der Waals surface area contributed by atoms with E-state index in [4.69, 9.17) is 0 Å². The number of nitro groups is 1. The third-order valence-electron chi connectivity index (χ3n) is 4.44. The van der Waals surface area contributed by atoms with Crippen molar-refractivity contribution in [3.8, 4) is 0 Å². The Morgan fingerprint density at radius 1 is 1.21 bits per heavy atom. The van der Waals surface area contributed by atoms with E-state index < -0.39 is 4.92 Å². The highest BCUT2D eigenvalue weighted by molar-refractivity contribution is 6.11. The van der Waals surface area contributed by atoms with E-state index in [1.54, 1.807) is 36.4 Å². The van der Waals surface area contributed by atoms with Gasteiger partial charge in [-0.25, -0.2) is 0 Å². The van der Waals surface area contributed by atoms with Gasteiger partial charge in [0.1, 0.15) is 5.56 Å². The molecule has 2 aromatic rings.